The molecule has 1 aromatic carbocycles. The van der Waals surface area contributed by atoms with Gasteiger partial charge in [-0.25, -0.2) is 0 Å². The van der Waals surface area contributed by atoms with E-state index in [0.29, 0.717) is 10.9 Å². The van der Waals surface area contributed by atoms with Crippen molar-refractivity contribution in [2.45, 2.75) is 12.5 Å². The second-order valence-corrected chi connectivity index (χ2v) is 6.56. The summed E-state index contributed by atoms with van der Waals surface area (Å²) in [5.74, 6) is 0.356. The van der Waals surface area contributed by atoms with Crippen molar-refractivity contribution < 1.29 is 0 Å². The molecular formula is C14H14Cl3NS. The van der Waals surface area contributed by atoms with Gasteiger partial charge in [0, 0.05) is 33.9 Å². The van der Waals surface area contributed by atoms with E-state index in [1.54, 1.807) is 0 Å². The number of hydrogen-bond acceptors (Lipinski definition) is 2. The van der Waals surface area contributed by atoms with Gasteiger partial charge >= 0.3 is 0 Å². The first-order chi connectivity index (χ1) is 8.65. The Morgan fingerprint density at radius 2 is 2.00 bits per heavy atom. The predicted molar refractivity (Wildman–Crippen MR) is 86.2 cm³/mol. The molecule has 0 N–H and O–H groups in total. The van der Waals surface area contributed by atoms with E-state index in [4.69, 9.17) is 23.2 Å². The molecule has 0 amide bonds. The number of nitrogens with zero attached hydrogens (tertiary/aromatic N) is 1. The highest BCUT2D eigenvalue weighted by Gasteiger charge is 2.27. The van der Waals surface area contributed by atoms with E-state index in [1.165, 1.54) is 16.0 Å². The normalized spacial score (nSPS) is 18.8. The summed E-state index contributed by atoms with van der Waals surface area (Å²) in [5.41, 5.74) is 2.59. The topological polar surface area (TPSA) is 3.24 Å². The van der Waals surface area contributed by atoms with Crippen molar-refractivity contribution in [2.75, 3.05) is 13.6 Å². The Morgan fingerprint density at radius 3 is 2.74 bits per heavy atom. The van der Waals surface area contributed by atoms with Crippen LogP contribution >= 0.6 is 46.9 Å². The molecule has 0 saturated carbocycles. The van der Waals surface area contributed by atoms with Crippen molar-refractivity contribution in [3.8, 4) is 0 Å². The van der Waals surface area contributed by atoms with Crippen molar-refractivity contribution in [1.82, 2.24) is 4.90 Å². The highest BCUT2D eigenvalue weighted by molar-refractivity contribution is 7.10. The number of hydrogen-bond donors (Lipinski definition) is 0. The van der Waals surface area contributed by atoms with Gasteiger partial charge in [-0.3, -0.25) is 0 Å². The summed E-state index contributed by atoms with van der Waals surface area (Å²) in [6, 6.07) is 8.03. The SMILES string of the molecule is CN1Cc2sccc2C(c2ccc(Cl)cc2Cl)C1.Cl. The maximum atomic E-state index is 6.34. The summed E-state index contributed by atoms with van der Waals surface area (Å²) >= 11 is 14.1. The van der Waals surface area contributed by atoms with Gasteiger partial charge in [-0.05, 0) is 41.8 Å². The van der Waals surface area contributed by atoms with E-state index in [9.17, 15) is 0 Å². The molecule has 5 heteroatoms. The van der Waals surface area contributed by atoms with Gasteiger partial charge in [0.05, 0.1) is 0 Å². The van der Waals surface area contributed by atoms with Gasteiger partial charge < -0.3 is 4.90 Å². The molecule has 3 rings (SSSR count). The van der Waals surface area contributed by atoms with E-state index < -0.39 is 0 Å². The maximum Gasteiger partial charge on any atom is 0.0459 e. The van der Waals surface area contributed by atoms with E-state index >= 15 is 0 Å². The fourth-order valence-corrected chi connectivity index (χ4v) is 4.12. The van der Waals surface area contributed by atoms with Crippen molar-refractivity contribution in [1.29, 1.82) is 0 Å². The Morgan fingerprint density at radius 1 is 1.21 bits per heavy atom. The first-order valence-electron chi connectivity index (χ1n) is 5.85. The summed E-state index contributed by atoms with van der Waals surface area (Å²) in [4.78, 5) is 3.79. The van der Waals surface area contributed by atoms with Crippen LogP contribution in [0.1, 0.15) is 21.9 Å². The molecule has 2 heterocycles. The van der Waals surface area contributed by atoms with Crippen LogP contribution in [-0.2, 0) is 6.54 Å². The van der Waals surface area contributed by atoms with Crippen LogP contribution in [0, 0.1) is 0 Å². The predicted octanol–water partition coefficient (Wildman–Crippen LogP) is 5.05. The van der Waals surface area contributed by atoms with Gasteiger partial charge in [-0.2, -0.15) is 0 Å². The van der Waals surface area contributed by atoms with Gasteiger partial charge in [-0.1, -0.05) is 29.3 Å². The Labute approximate surface area is 133 Å². The monoisotopic (exact) mass is 333 g/mol. The van der Waals surface area contributed by atoms with Crippen LogP contribution in [0.15, 0.2) is 29.6 Å². The molecule has 2 aromatic rings. The zero-order valence-corrected chi connectivity index (χ0v) is 13.5. The maximum absolute atomic E-state index is 6.34. The highest BCUT2D eigenvalue weighted by atomic mass is 35.5. The fraction of sp³-hybridized carbons (Fsp3) is 0.286. The minimum atomic E-state index is 0. The zero-order valence-electron chi connectivity index (χ0n) is 10.4. The van der Waals surface area contributed by atoms with Gasteiger partial charge in [0.15, 0.2) is 0 Å². The Kier molecular flexibility index (Phi) is 4.80. The van der Waals surface area contributed by atoms with Crippen LogP contribution in [0.2, 0.25) is 10.0 Å². The van der Waals surface area contributed by atoms with Crippen molar-refractivity contribution in [2.24, 2.45) is 0 Å². The molecule has 19 heavy (non-hydrogen) atoms. The zero-order chi connectivity index (χ0) is 12.7. The van der Waals surface area contributed by atoms with Crippen LogP contribution in [0.25, 0.3) is 0 Å². The van der Waals surface area contributed by atoms with Crippen LogP contribution < -0.4 is 0 Å². The third kappa shape index (κ3) is 2.93. The molecule has 1 aliphatic heterocycles. The number of thiophene rings is 1. The average molecular weight is 335 g/mol. The largest absolute Gasteiger partial charge is 0.300 e. The molecule has 0 spiro atoms. The van der Waals surface area contributed by atoms with Gasteiger partial charge in [0.25, 0.3) is 0 Å². The minimum absolute atomic E-state index is 0. The molecule has 1 unspecified atom stereocenters. The van der Waals surface area contributed by atoms with E-state index in [0.717, 1.165) is 18.1 Å². The summed E-state index contributed by atoms with van der Waals surface area (Å²) in [6.07, 6.45) is 0. The second kappa shape index (κ2) is 6.02. The van der Waals surface area contributed by atoms with Crippen molar-refractivity contribution in [3.63, 3.8) is 0 Å². The first-order valence-corrected chi connectivity index (χ1v) is 7.48. The van der Waals surface area contributed by atoms with Crippen molar-refractivity contribution in [3.05, 3.63) is 55.7 Å². The fourth-order valence-electron chi connectivity index (χ4n) is 2.56. The Bertz CT molecular complexity index is 582. The molecule has 1 atom stereocenters. The quantitative estimate of drug-likeness (QED) is 0.705. The molecule has 1 nitrogen and oxygen atoms in total. The average Bonchev–Trinajstić information content (AvgIpc) is 2.76. The number of rotatable bonds is 1. The highest BCUT2D eigenvalue weighted by Crippen LogP contribution is 2.39. The molecule has 0 radical (unpaired) electrons. The molecule has 102 valence electrons. The Balaban J connectivity index is 0.00000133. The molecule has 0 aliphatic carbocycles. The van der Waals surface area contributed by atoms with Gasteiger partial charge in [0.2, 0.25) is 0 Å². The molecular weight excluding hydrogens is 321 g/mol. The van der Waals surface area contributed by atoms with Crippen LogP contribution in [0.3, 0.4) is 0 Å². The van der Waals surface area contributed by atoms with E-state index in [-0.39, 0.29) is 12.4 Å². The van der Waals surface area contributed by atoms with Gasteiger partial charge in [0.1, 0.15) is 0 Å². The lowest BCUT2D eigenvalue weighted by molar-refractivity contribution is 0.299. The number of halogens is 3. The van der Waals surface area contributed by atoms with Crippen LogP contribution in [0.5, 0.6) is 0 Å². The van der Waals surface area contributed by atoms with Gasteiger partial charge in [-0.15, -0.1) is 23.7 Å². The number of benzene rings is 1. The molecule has 1 aromatic heterocycles. The third-order valence-electron chi connectivity index (χ3n) is 3.40. The van der Waals surface area contributed by atoms with E-state index in [2.05, 4.69) is 29.5 Å². The standard InChI is InChI=1S/C14H13Cl2NS.ClH/c1-17-7-12(11-4-5-18-14(11)8-17)10-3-2-9(15)6-13(10)16;/h2-6,12H,7-8H2,1H3;1H. The summed E-state index contributed by atoms with van der Waals surface area (Å²) in [6.45, 7) is 2.04. The number of likely N-dealkylation sites (N-methyl/N-ethyl adjacent to an activating group) is 1. The number of fused-ring (bicyclic) bond motifs is 1. The third-order valence-corrected chi connectivity index (χ3v) is 4.88. The molecule has 1 aliphatic rings. The van der Waals surface area contributed by atoms with Crippen LogP contribution in [0.4, 0.5) is 0 Å². The molecule has 0 fully saturated rings. The second-order valence-electron chi connectivity index (χ2n) is 4.71. The lowest BCUT2D eigenvalue weighted by Gasteiger charge is -2.30. The lowest BCUT2D eigenvalue weighted by Crippen LogP contribution is -2.29. The van der Waals surface area contributed by atoms with Crippen LogP contribution in [-0.4, -0.2) is 18.5 Å². The lowest BCUT2D eigenvalue weighted by atomic mass is 9.89. The molecule has 0 bridgehead atoms. The summed E-state index contributed by atoms with van der Waals surface area (Å²) in [7, 11) is 2.15. The minimum Gasteiger partial charge on any atom is -0.300 e. The van der Waals surface area contributed by atoms with Crippen molar-refractivity contribution >= 4 is 46.9 Å². The Hall–Kier alpha value is -0.250. The van der Waals surface area contributed by atoms with E-state index in [1.807, 2.05) is 23.5 Å². The first kappa shape index (κ1) is 15.1. The summed E-state index contributed by atoms with van der Waals surface area (Å²) < 4.78 is 0. The molecule has 0 saturated heterocycles. The smallest absolute Gasteiger partial charge is 0.0459 e. The summed E-state index contributed by atoms with van der Waals surface area (Å²) in [5, 5.41) is 3.62.